The molecular weight excluding hydrogens is 286 g/mol. The third kappa shape index (κ3) is 2.21. The summed E-state index contributed by atoms with van der Waals surface area (Å²) in [6.45, 7) is 0. The SMILES string of the molecule is COc1cc(-c2cc(N)n[nH]2)cc(Br)c1OC. The second-order valence-electron chi connectivity index (χ2n) is 3.40. The number of H-pyrrole nitrogens is 1. The van der Waals surface area contributed by atoms with Gasteiger partial charge in [0.2, 0.25) is 0 Å². The van der Waals surface area contributed by atoms with Gasteiger partial charge in [-0.25, -0.2) is 0 Å². The highest BCUT2D eigenvalue weighted by molar-refractivity contribution is 9.10. The minimum atomic E-state index is 0.450. The first-order chi connectivity index (χ1) is 8.15. The van der Waals surface area contributed by atoms with Gasteiger partial charge in [-0.2, -0.15) is 5.10 Å². The normalized spacial score (nSPS) is 10.3. The van der Waals surface area contributed by atoms with E-state index in [1.54, 1.807) is 20.3 Å². The van der Waals surface area contributed by atoms with Gasteiger partial charge in [0, 0.05) is 11.6 Å². The van der Waals surface area contributed by atoms with Crippen LogP contribution >= 0.6 is 15.9 Å². The van der Waals surface area contributed by atoms with Gasteiger partial charge >= 0.3 is 0 Å². The van der Waals surface area contributed by atoms with Crippen molar-refractivity contribution in [2.75, 3.05) is 20.0 Å². The average molecular weight is 298 g/mol. The maximum absolute atomic E-state index is 5.57. The lowest BCUT2D eigenvalue weighted by molar-refractivity contribution is 0.353. The van der Waals surface area contributed by atoms with Crippen molar-refractivity contribution in [3.05, 3.63) is 22.7 Å². The van der Waals surface area contributed by atoms with Crippen LogP contribution < -0.4 is 15.2 Å². The molecule has 0 unspecified atom stereocenters. The number of methoxy groups -OCH3 is 2. The lowest BCUT2D eigenvalue weighted by Gasteiger charge is -2.11. The number of hydrogen-bond donors (Lipinski definition) is 2. The molecule has 0 saturated heterocycles. The van der Waals surface area contributed by atoms with Crippen molar-refractivity contribution >= 4 is 21.7 Å². The van der Waals surface area contributed by atoms with Crippen molar-refractivity contribution in [3.8, 4) is 22.8 Å². The first kappa shape index (κ1) is 11.8. The maximum atomic E-state index is 5.57. The van der Waals surface area contributed by atoms with Crippen LogP contribution in [0, 0.1) is 0 Å². The Bertz CT molecular complexity index is 540. The molecule has 0 atom stereocenters. The van der Waals surface area contributed by atoms with Crippen LogP contribution in [-0.2, 0) is 0 Å². The van der Waals surface area contributed by atoms with Crippen LogP contribution in [-0.4, -0.2) is 24.4 Å². The van der Waals surface area contributed by atoms with Gasteiger partial charge in [0.25, 0.3) is 0 Å². The Morgan fingerprint density at radius 1 is 1.24 bits per heavy atom. The summed E-state index contributed by atoms with van der Waals surface area (Å²) in [7, 11) is 3.19. The monoisotopic (exact) mass is 297 g/mol. The third-order valence-electron chi connectivity index (χ3n) is 2.34. The molecule has 1 aromatic heterocycles. The summed E-state index contributed by atoms with van der Waals surface area (Å²) in [6.07, 6.45) is 0. The van der Waals surface area contributed by atoms with Gasteiger partial charge in [-0.3, -0.25) is 5.10 Å². The summed E-state index contributed by atoms with van der Waals surface area (Å²) < 4.78 is 11.3. The first-order valence-electron chi connectivity index (χ1n) is 4.88. The molecule has 0 aliphatic carbocycles. The molecular formula is C11H12BrN3O2. The molecule has 3 N–H and O–H groups in total. The van der Waals surface area contributed by atoms with E-state index >= 15 is 0 Å². The predicted octanol–water partition coefficient (Wildman–Crippen LogP) is 2.44. The average Bonchev–Trinajstić information content (AvgIpc) is 2.74. The molecule has 0 aliphatic heterocycles. The molecule has 2 aromatic rings. The van der Waals surface area contributed by atoms with E-state index in [2.05, 4.69) is 26.1 Å². The van der Waals surface area contributed by atoms with Crippen molar-refractivity contribution in [2.24, 2.45) is 0 Å². The number of nitrogens with zero attached hydrogens (tertiary/aromatic N) is 1. The second kappa shape index (κ2) is 4.67. The Labute approximate surface area is 107 Å². The van der Waals surface area contributed by atoms with Gasteiger partial charge in [-0.1, -0.05) is 0 Å². The van der Waals surface area contributed by atoms with E-state index in [-0.39, 0.29) is 0 Å². The molecule has 17 heavy (non-hydrogen) atoms. The van der Waals surface area contributed by atoms with Crippen LogP contribution in [0.5, 0.6) is 11.5 Å². The molecule has 0 radical (unpaired) electrons. The van der Waals surface area contributed by atoms with E-state index in [1.807, 2.05) is 12.1 Å². The van der Waals surface area contributed by atoms with Crippen LogP contribution in [0.3, 0.4) is 0 Å². The fraction of sp³-hybridized carbons (Fsp3) is 0.182. The minimum absolute atomic E-state index is 0.450. The molecule has 6 heteroatoms. The molecule has 0 saturated carbocycles. The van der Waals surface area contributed by atoms with E-state index in [9.17, 15) is 0 Å². The summed E-state index contributed by atoms with van der Waals surface area (Å²) >= 11 is 3.43. The number of aromatic amines is 1. The van der Waals surface area contributed by atoms with Crippen LogP contribution in [0.2, 0.25) is 0 Å². The molecule has 0 aliphatic rings. The van der Waals surface area contributed by atoms with Crippen molar-refractivity contribution < 1.29 is 9.47 Å². The van der Waals surface area contributed by atoms with Crippen LogP contribution in [0.1, 0.15) is 0 Å². The molecule has 0 amide bonds. The number of benzene rings is 1. The number of halogens is 1. The standard InChI is InChI=1S/C11H12BrN3O2/c1-16-9-4-6(3-7(12)11(9)17-2)8-5-10(13)15-14-8/h3-5H,1-2H3,(H3,13,14,15). The summed E-state index contributed by atoms with van der Waals surface area (Å²) in [5.41, 5.74) is 7.31. The van der Waals surface area contributed by atoms with E-state index in [4.69, 9.17) is 15.2 Å². The Morgan fingerprint density at radius 2 is 2.00 bits per heavy atom. The Hall–Kier alpha value is -1.69. The van der Waals surface area contributed by atoms with Gasteiger partial charge in [0.1, 0.15) is 5.82 Å². The number of nitrogens with two attached hydrogens (primary N) is 1. The molecule has 90 valence electrons. The van der Waals surface area contributed by atoms with E-state index in [0.29, 0.717) is 17.3 Å². The third-order valence-corrected chi connectivity index (χ3v) is 2.93. The molecule has 1 aromatic carbocycles. The molecule has 5 nitrogen and oxygen atoms in total. The molecule has 0 bridgehead atoms. The van der Waals surface area contributed by atoms with E-state index in [1.165, 1.54) is 0 Å². The van der Waals surface area contributed by atoms with Gasteiger partial charge in [-0.15, -0.1) is 0 Å². The highest BCUT2D eigenvalue weighted by atomic mass is 79.9. The van der Waals surface area contributed by atoms with Crippen molar-refractivity contribution in [1.29, 1.82) is 0 Å². The van der Waals surface area contributed by atoms with Gasteiger partial charge in [-0.05, 0) is 28.1 Å². The Balaban J connectivity index is 2.53. The highest BCUT2D eigenvalue weighted by Crippen LogP contribution is 2.39. The van der Waals surface area contributed by atoms with Gasteiger partial charge in [0.05, 0.1) is 24.4 Å². The number of nitrogen functional groups attached to an aromatic ring is 1. The molecule has 0 spiro atoms. The summed E-state index contributed by atoms with van der Waals surface area (Å²) in [6, 6.07) is 5.53. The van der Waals surface area contributed by atoms with Gasteiger partial charge < -0.3 is 15.2 Å². The lowest BCUT2D eigenvalue weighted by atomic mass is 10.1. The summed E-state index contributed by atoms with van der Waals surface area (Å²) in [5, 5.41) is 6.73. The second-order valence-corrected chi connectivity index (χ2v) is 4.25. The fourth-order valence-corrected chi connectivity index (χ4v) is 2.16. The van der Waals surface area contributed by atoms with E-state index in [0.717, 1.165) is 15.7 Å². The number of nitrogens with one attached hydrogen (secondary N) is 1. The van der Waals surface area contributed by atoms with Crippen molar-refractivity contribution in [3.63, 3.8) is 0 Å². The first-order valence-corrected chi connectivity index (χ1v) is 5.67. The van der Waals surface area contributed by atoms with Crippen molar-refractivity contribution in [2.45, 2.75) is 0 Å². The Kier molecular flexibility index (Phi) is 3.23. The molecule has 0 fully saturated rings. The van der Waals surface area contributed by atoms with E-state index < -0.39 is 0 Å². The number of ether oxygens (including phenoxy) is 2. The summed E-state index contributed by atoms with van der Waals surface area (Å²) in [5.74, 6) is 1.75. The zero-order valence-corrected chi connectivity index (χ0v) is 11.0. The predicted molar refractivity (Wildman–Crippen MR) is 69.2 cm³/mol. The van der Waals surface area contributed by atoms with Crippen molar-refractivity contribution in [1.82, 2.24) is 10.2 Å². The van der Waals surface area contributed by atoms with Crippen LogP contribution in [0.4, 0.5) is 5.82 Å². The maximum Gasteiger partial charge on any atom is 0.174 e. The van der Waals surface area contributed by atoms with Crippen LogP contribution in [0.15, 0.2) is 22.7 Å². The minimum Gasteiger partial charge on any atom is -0.493 e. The fourth-order valence-electron chi connectivity index (χ4n) is 1.56. The largest absolute Gasteiger partial charge is 0.493 e. The smallest absolute Gasteiger partial charge is 0.174 e. The molecule has 1 heterocycles. The number of rotatable bonds is 3. The number of hydrogen-bond acceptors (Lipinski definition) is 4. The molecule has 2 rings (SSSR count). The topological polar surface area (TPSA) is 73.2 Å². The quantitative estimate of drug-likeness (QED) is 0.913. The summed E-state index contributed by atoms with van der Waals surface area (Å²) in [4.78, 5) is 0. The lowest BCUT2D eigenvalue weighted by Crippen LogP contribution is -1.92. The highest BCUT2D eigenvalue weighted by Gasteiger charge is 2.12. The number of aromatic nitrogens is 2. The zero-order valence-electron chi connectivity index (χ0n) is 9.45. The zero-order chi connectivity index (χ0) is 12.4. The van der Waals surface area contributed by atoms with Gasteiger partial charge in [0.15, 0.2) is 11.5 Å². The Morgan fingerprint density at radius 3 is 2.53 bits per heavy atom. The van der Waals surface area contributed by atoms with Crippen LogP contribution in [0.25, 0.3) is 11.3 Å². The number of anilines is 1.